The van der Waals surface area contributed by atoms with Crippen LogP contribution in [0, 0.1) is 0 Å². The minimum Gasteiger partial charge on any atom is -0.353 e. The number of carbonyl (C=O) groups is 3. The number of hydrogen-bond donors (Lipinski definition) is 2. The van der Waals surface area contributed by atoms with Crippen LogP contribution in [-0.4, -0.2) is 48.3 Å². The van der Waals surface area contributed by atoms with Gasteiger partial charge in [-0.2, -0.15) is 0 Å². The van der Waals surface area contributed by atoms with Crippen molar-refractivity contribution in [1.29, 1.82) is 0 Å². The SMILES string of the molecule is O=C(CCc1ccccc1)NC1CCN(C(=O)CCNC(=O)c2cccs2)CC1. The van der Waals surface area contributed by atoms with Crippen LogP contribution < -0.4 is 10.6 Å². The van der Waals surface area contributed by atoms with Crippen LogP contribution in [0.25, 0.3) is 0 Å². The highest BCUT2D eigenvalue weighted by Gasteiger charge is 2.23. The Morgan fingerprint density at radius 2 is 1.76 bits per heavy atom. The molecule has 3 rings (SSSR count). The zero-order chi connectivity index (χ0) is 20.5. The van der Waals surface area contributed by atoms with Gasteiger partial charge < -0.3 is 15.5 Å². The molecule has 154 valence electrons. The average molecular weight is 414 g/mol. The van der Waals surface area contributed by atoms with Crippen LogP contribution in [0.15, 0.2) is 47.8 Å². The Kier molecular flexibility index (Phi) is 7.81. The van der Waals surface area contributed by atoms with Crippen molar-refractivity contribution >= 4 is 29.1 Å². The zero-order valence-electron chi connectivity index (χ0n) is 16.4. The van der Waals surface area contributed by atoms with Gasteiger partial charge in [0.1, 0.15) is 0 Å². The Hall–Kier alpha value is -2.67. The molecule has 29 heavy (non-hydrogen) atoms. The van der Waals surface area contributed by atoms with Gasteiger partial charge in [-0.1, -0.05) is 36.4 Å². The molecule has 2 aromatic rings. The number of thiophene rings is 1. The molecular weight excluding hydrogens is 386 g/mol. The minimum absolute atomic E-state index is 0.0466. The summed E-state index contributed by atoms with van der Waals surface area (Å²) in [5.41, 5.74) is 1.16. The third kappa shape index (κ3) is 6.71. The van der Waals surface area contributed by atoms with Crippen molar-refractivity contribution in [3.63, 3.8) is 0 Å². The van der Waals surface area contributed by atoms with Gasteiger partial charge in [-0.15, -0.1) is 11.3 Å². The number of nitrogens with zero attached hydrogens (tertiary/aromatic N) is 1. The van der Waals surface area contributed by atoms with Crippen molar-refractivity contribution in [3.8, 4) is 0 Å². The Morgan fingerprint density at radius 3 is 2.45 bits per heavy atom. The van der Waals surface area contributed by atoms with E-state index in [0.717, 1.165) is 24.8 Å². The second-order valence-corrected chi connectivity index (χ2v) is 8.14. The smallest absolute Gasteiger partial charge is 0.261 e. The first-order chi connectivity index (χ1) is 14.1. The summed E-state index contributed by atoms with van der Waals surface area (Å²) in [5, 5.41) is 7.73. The van der Waals surface area contributed by atoms with E-state index in [1.165, 1.54) is 11.3 Å². The topological polar surface area (TPSA) is 78.5 Å². The van der Waals surface area contributed by atoms with Crippen LogP contribution in [0.2, 0.25) is 0 Å². The second kappa shape index (κ2) is 10.8. The van der Waals surface area contributed by atoms with Gasteiger partial charge in [0.2, 0.25) is 11.8 Å². The van der Waals surface area contributed by atoms with Crippen LogP contribution in [0.4, 0.5) is 0 Å². The molecule has 6 nitrogen and oxygen atoms in total. The number of aryl methyl sites for hydroxylation is 1. The van der Waals surface area contributed by atoms with Gasteiger partial charge >= 0.3 is 0 Å². The summed E-state index contributed by atoms with van der Waals surface area (Å²) in [6.07, 6.45) is 3.05. The van der Waals surface area contributed by atoms with Crippen LogP contribution in [0.3, 0.4) is 0 Å². The summed E-state index contributed by atoms with van der Waals surface area (Å²) < 4.78 is 0. The molecule has 3 amide bonds. The van der Waals surface area contributed by atoms with Crippen molar-refractivity contribution in [2.75, 3.05) is 19.6 Å². The number of likely N-dealkylation sites (tertiary alicyclic amines) is 1. The Labute approximate surface area is 175 Å². The lowest BCUT2D eigenvalue weighted by Crippen LogP contribution is -2.47. The average Bonchev–Trinajstić information content (AvgIpc) is 3.28. The third-order valence-electron chi connectivity index (χ3n) is 5.07. The molecule has 0 saturated carbocycles. The largest absolute Gasteiger partial charge is 0.353 e. The van der Waals surface area contributed by atoms with Crippen molar-refractivity contribution in [2.24, 2.45) is 0 Å². The number of benzene rings is 1. The highest BCUT2D eigenvalue weighted by molar-refractivity contribution is 7.12. The molecule has 0 unspecified atom stereocenters. The number of amides is 3. The van der Waals surface area contributed by atoms with E-state index in [9.17, 15) is 14.4 Å². The lowest BCUT2D eigenvalue weighted by Gasteiger charge is -2.32. The molecule has 0 radical (unpaired) electrons. The predicted molar refractivity (Wildman–Crippen MR) is 114 cm³/mol. The standard InChI is InChI=1S/C22H27N3O3S/c26-20(9-8-17-5-2-1-3-6-17)24-18-11-14-25(15-12-18)21(27)10-13-23-22(28)19-7-4-16-29-19/h1-7,16,18H,8-15H2,(H,23,28)(H,24,26). The minimum atomic E-state index is -0.135. The fourth-order valence-corrected chi connectivity index (χ4v) is 4.05. The predicted octanol–water partition coefficient (Wildman–Crippen LogP) is 2.61. The highest BCUT2D eigenvalue weighted by Crippen LogP contribution is 2.12. The first-order valence-corrected chi connectivity index (χ1v) is 10.9. The molecule has 0 aliphatic carbocycles. The Morgan fingerprint density at radius 1 is 1.00 bits per heavy atom. The van der Waals surface area contributed by atoms with E-state index in [4.69, 9.17) is 0 Å². The molecule has 1 aliphatic rings. The summed E-state index contributed by atoms with van der Waals surface area (Å²) in [4.78, 5) is 38.9. The zero-order valence-corrected chi connectivity index (χ0v) is 17.2. The summed E-state index contributed by atoms with van der Waals surface area (Å²) in [6, 6.07) is 13.7. The first-order valence-electron chi connectivity index (χ1n) is 10.0. The number of nitrogens with one attached hydrogen (secondary N) is 2. The number of piperidine rings is 1. The van der Waals surface area contributed by atoms with Crippen LogP contribution in [0.1, 0.15) is 40.9 Å². The molecule has 7 heteroatoms. The van der Waals surface area contributed by atoms with Crippen LogP contribution in [0.5, 0.6) is 0 Å². The van der Waals surface area contributed by atoms with E-state index in [0.29, 0.717) is 37.4 Å². The van der Waals surface area contributed by atoms with Crippen LogP contribution in [-0.2, 0) is 16.0 Å². The molecule has 2 N–H and O–H groups in total. The molecule has 1 aliphatic heterocycles. The fourth-order valence-electron chi connectivity index (χ4n) is 3.41. The molecule has 1 aromatic heterocycles. The van der Waals surface area contributed by atoms with Crippen molar-refractivity contribution in [2.45, 2.75) is 38.1 Å². The molecule has 0 bridgehead atoms. The highest BCUT2D eigenvalue weighted by atomic mass is 32.1. The number of hydrogen-bond acceptors (Lipinski definition) is 4. The van der Waals surface area contributed by atoms with Gasteiger partial charge in [0.15, 0.2) is 0 Å². The molecule has 2 heterocycles. The lowest BCUT2D eigenvalue weighted by molar-refractivity contribution is -0.132. The quantitative estimate of drug-likeness (QED) is 0.698. The molecule has 1 aromatic carbocycles. The van der Waals surface area contributed by atoms with E-state index in [1.807, 2.05) is 46.7 Å². The van der Waals surface area contributed by atoms with E-state index in [1.54, 1.807) is 6.07 Å². The lowest BCUT2D eigenvalue weighted by atomic mass is 10.0. The Balaban J connectivity index is 1.30. The summed E-state index contributed by atoms with van der Waals surface area (Å²) in [7, 11) is 0. The number of carbonyl (C=O) groups excluding carboxylic acids is 3. The Bertz CT molecular complexity index is 800. The van der Waals surface area contributed by atoms with Crippen molar-refractivity contribution in [3.05, 3.63) is 58.3 Å². The summed E-state index contributed by atoms with van der Waals surface area (Å²) >= 11 is 1.38. The normalized spacial score (nSPS) is 14.4. The van der Waals surface area contributed by atoms with Gasteiger partial charge in [0.25, 0.3) is 5.91 Å². The third-order valence-corrected chi connectivity index (χ3v) is 5.93. The monoisotopic (exact) mass is 413 g/mol. The van der Waals surface area contributed by atoms with Gasteiger partial charge in [0.05, 0.1) is 4.88 Å². The summed E-state index contributed by atoms with van der Waals surface area (Å²) in [6.45, 7) is 1.62. The molecule has 0 spiro atoms. The van der Waals surface area contributed by atoms with E-state index in [-0.39, 0.29) is 23.8 Å². The van der Waals surface area contributed by atoms with Gasteiger partial charge in [-0.05, 0) is 36.3 Å². The van der Waals surface area contributed by atoms with Crippen molar-refractivity contribution in [1.82, 2.24) is 15.5 Å². The maximum Gasteiger partial charge on any atom is 0.261 e. The maximum absolute atomic E-state index is 12.3. The molecule has 1 fully saturated rings. The number of rotatable bonds is 8. The summed E-state index contributed by atoms with van der Waals surface area (Å²) in [5.74, 6) is -0.0232. The first kappa shape index (κ1) is 21.0. The van der Waals surface area contributed by atoms with Crippen LogP contribution >= 0.6 is 11.3 Å². The second-order valence-electron chi connectivity index (χ2n) is 7.19. The van der Waals surface area contributed by atoms with Gasteiger partial charge in [-0.3, -0.25) is 14.4 Å². The van der Waals surface area contributed by atoms with E-state index >= 15 is 0 Å². The molecule has 0 atom stereocenters. The van der Waals surface area contributed by atoms with Gasteiger partial charge in [-0.25, -0.2) is 0 Å². The van der Waals surface area contributed by atoms with Crippen molar-refractivity contribution < 1.29 is 14.4 Å². The van der Waals surface area contributed by atoms with E-state index < -0.39 is 0 Å². The maximum atomic E-state index is 12.3. The van der Waals surface area contributed by atoms with Gasteiger partial charge in [0, 0.05) is 38.5 Å². The molecular formula is C22H27N3O3S. The van der Waals surface area contributed by atoms with E-state index in [2.05, 4.69) is 10.6 Å². The fraction of sp³-hybridized carbons (Fsp3) is 0.409. The molecule has 1 saturated heterocycles.